The number of ether oxygens (including phenoxy) is 3. The van der Waals surface area contributed by atoms with Gasteiger partial charge in [-0.25, -0.2) is 4.98 Å². The van der Waals surface area contributed by atoms with Crippen LogP contribution in [0, 0.1) is 10.1 Å². The number of hydrogen-bond donors (Lipinski definition) is 1. The van der Waals surface area contributed by atoms with Gasteiger partial charge in [0.1, 0.15) is 17.2 Å². The summed E-state index contributed by atoms with van der Waals surface area (Å²) in [4.78, 5) is 27.2. The van der Waals surface area contributed by atoms with Crippen LogP contribution in [0.15, 0.2) is 60.8 Å². The number of nitrogens with zero attached hydrogens (tertiary/aromatic N) is 2. The first-order chi connectivity index (χ1) is 15.0. The summed E-state index contributed by atoms with van der Waals surface area (Å²) >= 11 is 0. The first-order valence-electron chi connectivity index (χ1n) is 9.46. The molecule has 2 aromatic carbocycles. The third-order valence-electron chi connectivity index (χ3n) is 4.25. The van der Waals surface area contributed by atoms with E-state index in [1.807, 2.05) is 6.92 Å². The molecule has 9 nitrogen and oxygen atoms in total. The van der Waals surface area contributed by atoms with E-state index in [1.54, 1.807) is 42.6 Å². The van der Waals surface area contributed by atoms with Gasteiger partial charge in [0.15, 0.2) is 0 Å². The van der Waals surface area contributed by atoms with Gasteiger partial charge < -0.3 is 19.5 Å². The summed E-state index contributed by atoms with van der Waals surface area (Å²) < 4.78 is 16.3. The van der Waals surface area contributed by atoms with E-state index in [0.717, 1.165) is 11.3 Å². The molecule has 1 N–H and O–H groups in total. The zero-order valence-electron chi connectivity index (χ0n) is 17.0. The third kappa shape index (κ3) is 5.69. The standard InChI is InChI=1S/C22H21N3O6/c1-3-30-17-5-7-18(8-6-17)31-21-12-15(10-11-23-21)14-24-22(26)19-13-16(25(27)28)4-9-20(19)29-2/h4-13H,3,14H2,1-2H3,(H,24,26). The van der Waals surface area contributed by atoms with Crippen molar-refractivity contribution in [1.29, 1.82) is 0 Å². The number of hydrogen-bond acceptors (Lipinski definition) is 7. The summed E-state index contributed by atoms with van der Waals surface area (Å²) in [5.41, 5.74) is 0.631. The number of rotatable bonds is 9. The van der Waals surface area contributed by atoms with Gasteiger partial charge in [0, 0.05) is 30.9 Å². The van der Waals surface area contributed by atoms with Gasteiger partial charge in [-0.2, -0.15) is 0 Å². The van der Waals surface area contributed by atoms with Crippen molar-refractivity contribution in [3.8, 4) is 23.1 Å². The number of methoxy groups -OCH3 is 1. The Morgan fingerprint density at radius 2 is 1.84 bits per heavy atom. The van der Waals surface area contributed by atoms with E-state index < -0.39 is 10.8 Å². The lowest BCUT2D eigenvalue weighted by atomic mass is 10.1. The maximum Gasteiger partial charge on any atom is 0.270 e. The van der Waals surface area contributed by atoms with E-state index in [0.29, 0.717) is 18.2 Å². The topological polar surface area (TPSA) is 113 Å². The summed E-state index contributed by atoms with van der Waals surface area (Å²) in [5.74, 6) is 1.46. The lowest BCUT2D eigenvalue weighted by Gasteiger charge is -2.10. The quantitative estimate of drug-likeness (QED) is 0.407. The van der Waals surface area contributed by atoms with Crippen LogP contribution in [-0.4, -0.2) is 29.5 Å². The molecule has 0 unspecified atom stereocenters. The average Bonchev–Trinajstić information content (AvgIpc) is 2.78. The number of carbonyl (C=O) groups excluding carboxylic acids is 1. The lowest BCUT2D eigenvalue weighted by molar-refractivity contribution is -0.384. The minimum atomic E-state index is -0.566. The number of nitro benzene ring substituents is 1. The van der Waals surface area contributed by atoms with E-state index in [1.165, 1.54) is 25.3 Å². The molecule has 0 saturated heterocycles. The molecule has 1 amide bonds. The summed E-state index contributed by atoms with van der Waals surface area (Å²) in [7, 11) is 1.39. The number of nitrogens with one attached hydrogen (secondary N) is 1. The maximum atomic E-state index is 12.6. The van der Waals surface area contributed by atoms with E-state index in [4.69, 9.17) is 14.2 Å². The smallest absolute Gasteiger partial charge is 0.270 e. The fourth-order valence-corrected chi connectivity index (χ4v) is 2.77. The molecule has 0 radical (unpaired) electrons. The molecule has 0 bridgehead atoms. The van der Waals surface area contributed by atoms with Gasteiger partial charge in [-0.05, 0) is 48.9 Å². The number of amides is 1. The van der Waals surface area contributed by atoms with E-state index in [-0.39, 0.29) is 23.5 Å². The average molecular weight is 423 g/mol. The molecule has 3 rings (SSSR count). The van der Waals surface area contributed by atoms with Crippen LogP contribution in [0.2, 0.25) is 0 Å². The van der Waals surface area contributed by atoms with Crippen LogP contribution < -0.4 is 19.5 Å². The molecule has 0 spiro atoms. The molecule has 31 heavy (non-hydrogen) atoms. The van der Waals surface area contributed by atoms with Gasteiger partial charge in [-0.1, -0.05) is 0 Å². The Kier molecular flexibility index (Phi) is 7.00. The summed E-state index contributed by atoms with van der Waals surface area (Å²) in [6.45, 7) is 2.66. The van der Waals surface area contributed by atoms with Crippen LogP contribution in [0.25, 0.3) is 0 Å². The molecular formula is C22H21N3O6. The van der Waals surface area contributed by atoms with Gasteiger partial charge in [0.2, 0.25) is 5.88 Å². The van der Waals surface area contributed by atoms with Crippen LogP contribution >= 0.6 is 0 Å². The monoisotopic (exact) mass is 423 g/mol. The highest BCUT2D eigenvalue weighted by molar-refractivity contribution is 5.97. The summed E-state index contributed by atoms with van der Waals surface area (Å²) in [6, 6.07) is 14.4. The fourth-order valence-electron chi connectivity index (χ4n) is 2.77. The van der Waals surface area contributed by atoms with E-state index in [2.05, 4.69) is 10.3 Å². The zero-order valence-corrected chi connectivity index (χ0v) is 17.0. The number of aromatic nitrogens is 1. The maximum absolute atomic E-state index is 12.6. The van der Waals surface area contributed by atoms with Crippen LogP contribution in [-0.2, 0) is 6.54 Å². The molecule has 0 aliphatic rings. The fraction of sp³-hybridized carbons (Fsp3) is 0.182. The number of benzene rings is 2. The van der Waals surface area contributed by atoms with E-state index >= 15 is 0 Å². The zero-order chi connectivity index (χ0) is 22.2. The number of carbonyl (C=O) groups is 1. The Bertz CT molecular complexity index is 1070. The molecule has 3 aromatic rings. The molecule has 1 heterocycles. The van der Waals surface area contributed by atoms with Crippen molar-refractivity contribution < 1.29 is 23.9 Å². The summed E-state index contributed by atoms with van der Waals surface area (Å²) in [6.07, 6.45) is 1.57. The number of nitro groups is 1. The SMILES string of the molecule is CCOc1ccc(Oc2cc(CNC(=O)c3cc([N+](=O)[O-])ccc3OC)ccn2)cc1. The van der Waals surface area contributed by atoms with Crippen LogP contribution in [0.3, 0.4) is 0 Å². The molecule has 0 saturated carbocycles. The molecule has 9 heteroatoms. The highest BCUT2D eigenvalue weighted by Crippen LogP contribution is 2.25. The Balaban J connectivity index is 1.67. The second-order valence-corrected chi connectivity index (χ2v) is 6.33. The van der Waals surface area contributed by atoms with Crippen molar-refractivity contribution in [3.05, 3.63) is 82.0 Å². The van der Waals surface area contributed by atoms with Crippen LogP contribution in [0.1, 0.15) is 22.8 Å². The minimum Gasteiger partial charge on any atom is -0.496 e. The largest absolute Gasteiger partial charge is 0.496 e. The van der Waals surface area contributed by atoms with Crippen molar-refractivity contribution in [2.45, 2.75) is 13.5 Å². The lowest BCUT2D eigenvalue weighted by Crippen LogP contribution is -2.23. The van der Waals surface area contributed by atoms with Crippen LogP contribution in [0.4, 0.5) is 5.69 Å². The molecule has 0 aliphatic carbocycles. The highest BCUT2D eigenvalue weighted by Gasteiger charge is 2.17. The Morgan fingerprint density at radius 1 is 1.10 bits per heavy atom. The van der Waals surface area contributed by atoms with Crippen molar-refractivity contribution in [2.24, 2.45) is 0 Å². The number of pyridine rings is 1. The Hall–Kier alpha value is -4.14. The van der Waals surface area contributed by atoms with Crippen molar-refractivity contribution in [1.82, 2.24) is 10.3 Å². The van der Waals surface area contributed by atoms with Gasteiger partial charge in [0.25, 0.3) is 11.6 Å². The normalized spacial score (nSPS) is 10.3. The predicted octanol–water partition coefficient (Wildman–Crippen LogP) is 4.12. The van der Waals surface area contributed by atoms with Crippen molar-refractivity contribution in [3.63, 3.8) is 0 Å². The Labute approximate surface area is 178 Å². The molecule has 160 valence electrons. The van der Waals surface area contributed by atoms with Gasteiger partial charge in [-0.3, -0.25) is 14.9 Å². The van der Waals surface area contributed by atoms with Gasteiger partial charge in [0.05, 0.1) is 24.2 Å². The van der Waals surface area contributed by atoms with Gasteiger partial charge >= 0.3 is 0 Å². The predicted molar refractivity (Wildman–Crippen MR) is 113 cm³/mol. The second-order valence-electron chi connectivity index (χ2n) is 6.33. The molecule has 0 fully saturated rings. The Morgan fingerprint density at radius 3 is 2.52 bits per heavy atom. The number of non-ortho nitro benzene ring substituents is 1. The van der Waals surface area contributed by atoms with Crippen LogP contribution in [0.5, 0.6) is 23.1 Å². The highest BCUT2D eigenvalue weighted by atomic mass is 16.6. The second kappa shape index (κ2) is 10.1. The molecular weight excluding hydrogens is 402 g/mol. The molecule has 1 aromatic heterocycles. The first kappa shape index (κ1) is 21.6. The van der Waals surface area contributed by atoms with Crippen molar-refractivity contribution >= 4 is 11.6 Å². The van der Waals surface area contributed by atoms with E-state index in [9.17, 15) is 14.9 Å². The molecule has 0 atom stereocenters. The minimum absolute atomic E-state index is 0.0802. The summed E-state index contributed by atoms with van der Waals surface area (Å²) in [5, 5.41) is 13.7. The molecule has 0 aliphatic heterocycles. The first-order valence-corrected chi connectivity index (χ1v) is 9.46. The van der Waals surface area contributed by atoms with Gasteiger partial charge in [-0.15, -0.1) is 0 Å². The third-order valence-corrected chi connectivity index (χ3v) is 4.25. The van der Waals surface area contributed by atoms with Crippen molar-refractivity contribution in [2.75, 3.05) is 13.7 Å².